The van der Waals surface area contributed by atoms with Crippen molar-refractivity contribution in [3.8, 4) is 11.3 Å². The van der Waals surface area contributed by atoms with E-state index in [2.05, 4.69) is 22.0 Å². The van der Waals surface area contributed by atoms with Crippen LogP contribution in [0.3, 0.4) is 0 Å². The van der Waals surface area contributed by atoms with Crippen LogP contribution in [0.1, 0.15) is 34.9 Å². The molecule has 1 N–H and O–H groups in total. The molecule has 3 nitrogen and oxygen atoms in total. The first-order valence-corrected chi connectivity index (χ1v) is 7.08. The molecule has 0 amide bonds. The highest BCUT2D eigenvalue weighted by atomic mass is 79.9. The van der Waals surface area contributed by atoms with Crippen LogP contribution in [0.15, 0.2) is 34.8 Å². The van der Waals surface area contributed by atoms with E-state index in [0.717, 1.165) is 34.1 Å². The zero-order valence-electron chi connectivity index (χ0n) is 10.6. The van der Waals surface area contributed by atoms with Crippen molar-refractivity contribution in [2.24, 2.45) is 0 Å². The third kappa shape index (κ3) is 2.21. The Balaban J connectivity index is 2.17. The number of carboxylic acid groups (broad SMARTS) is 1. The molecule has 1 saturated carbocycles. The van der Waals surface area contributed by atoms with Gasteiger partial charge in [0.1, 0.15) is 5.69 Å². The van der Waals surface area contributed by atoms with Crippen LogP contribution in [-0.4, -0.2) is 15.6 Å². The average Bonchev–Trinajstić information content (AvgIpc) is 3.08. The molecule has 1 aromatic carbocycles. The Morgan fingerprint density at radius 1 is 1.32 bits per heavy atom. The number of aromatic nitrogens is 1. The summed E-state index contributed by atoms with van der Waals surface area (Å²) in [6.45, 7) is 2.05. The molecule has 0 bridgehead atoms. The summed E-state index contributed by atoms with van der Waals surface area (Å²) in [6.07, 6.45) is 2.13. The largest absolute Gasteiger partial charge is 0.477 e. The fraction of sp³-hybridized carbons (Fsp3) is 0.267. The Hall–Kier alpha value is -1.55. The van der Waals surface area contributed by atoms with E-state index in [1.165, 1.54) is 0 Å². The lowest BCUT2D eigenvalue weighted by Crippen LogP contribution is -2.08. The van der Waals surface area contributed by atoms with Crippen LogP contribution in [0, 0.1) is 6.92 Å². The first kappa shape index (κ1) is 12.5. The SMILES string of the molecule is Cc1cc(Br)ccc1-c1ccc(C(=O)O)n1C1CC1. The molecule has 4 heteroatoms. The third-order valence-electron chi connectivity index (χ3n) is 3.51. The summed E-state index contributed by atoms with van der Waals surface area (Å²) in [6, 6.07) is 10.1. The standard InChI is InChI=1S/C15H14BrNO2/c1-9-8-10(16)2-5-12(9)13-6-7-14(15(18)19)17(13)11-3-4-11/h2,5-8,11H,3-4H2,1H3,(H,18,19). The second-order valence-corrected chi connectivity index (χ2v) is 5.89. The summed E-state index contributed by atoms with van der Waals surface area (Å²) >= 11 is 3.46. The summed E-state index contributed by atoms with van der Waals surface area (Å²) in [4.78, 5) is 11.3. The predicted octanol–water partition coefficient (Wildman–Crippen LogP) is 4.26. The number of halogens is 1. The lowest BCUT2D eigenvalue weighted by molar-refractivity contribution is 0.0685. The normalized spacial score (nSPS) is 14.6. The van der Waals surface area contributed by atoms with Crippen LogP contribution < -0.4 is 0 Å². The van der Waals surface area contributed by atoms with E-state index >= 15 is 0 Å². The van der Waals surface area contributed by atoms with Crippen molar-refractivity contribution in [1.82, 2.24) is 4.57 Å². The smallest absolute Gasteiger partial charge is 0.352 e. The number of aromatic carboxylic acids is 1. The van der Waals surface area contributed by atoms with Crippen molar-refractivity contribution in [2.45, 2.75) is 25.8 Å². The first-order chi connectivity index (χ1) is 9.08. The summed E-state index contributed by atoms with van der Waals surface area (Å²) in [5.41, 5.74) is 3.64. The number of benzene rings is 1. The van der Waals surface area contributed by atoms with Crippen LogP contribution in [0.25, 0.3) is 11.3 Å². The fourth-order valence-corrected chi connectivity index (χ4v) is 2.96. The van der Waals surface area contributed by atoms with E-state index in [1.54, 1.807) is 6.07 Å². The molecule has 1 aliphatic carbocycles. The van der Waals surface area contributed by atoms with Crippen molar-refractivity contribution >= 4 is 21.9 Å². The van der Waals surface area contributed by atoms with E-state index in [-0.39, 0.29) is 0 Å². The second kappa shape index (κ2) is 4.53. The van der Waals surface area contributed by atoms with Crippen LogP contribution in [0.5, 0.6) is 0 Å². The van der Waals surface area contributed by atoms with Gasteiger partial charge < -0.3 is 9.67 Å². The van der Waals surface area contributed by atoms with Gasteiger partial charge in [-0.25, -0.2) is 4.79 Å². The van der Waals surface area contributed by atoms with Gasteiger partial charge in [0.25, 0.3) is 0 Å². The molecule has 0 unspecified atom stereocenters. The van der Waals surface area contributed by atoms with Crippen molar-refractivity contribution < 1.29 is 9.90 Å². The second-order valence-electron chi connectivity index (χ2n) is 4.97. The molecular formula is C15H14BrNO2. The van der Waals surface area contributed by atoms with E-state index in [4.69, 9.17) is 0 Å². The molecule has 98 valence electrons. The maximum absolute atomic E-state index is 11.3. The third-order valence-corrected chi connectivity index (χ3v) is 4.01. The number of rotatable bonds is 3. The molecule has 0 spiro atoms. The Bertz CT molecular complexity index is 656. The zero-order chi connectivity index (χ0) is 13.6. The summed E-state index contributed by atoms with van der Waals surface area (Å²) < 4.78 is 3.01. The first-order valence-electron chi connectivity index (χ1n) is 6.29. The van der Waals surface area contributed by atoms with Gasteiger partial charge in [0.2, 0.25) is 0 Å². The lowest BCUT2D eigenvalue weighted by Gasteiger charge is -2.12. The van der Waals surface area contributed by atoms with Crippen LogP contribution in [0.4, 0.5) is 0 Å². The van der Waals surface area contributed by atoms with Gasteiger partial charge in [0.05, 0.1) is 0 Å². The number of hydrogen-bond acceptors (Lipinski definition) is 1. The number of hydrogen-bond donors (Lipinski definition) is 1. The van der Waals surface area contributed by atoms with Gasteiger partial charge in [0.15, 0.2) is 0 Å². The van der Waals surface area contributed by atoms with E-state index < -0.39 is 5.97 Å². The topological polar surface area (TPSA) is 42.2 Å². The molecule has 1 heterocycles. The number of aryl methyl sites for hydroxylation is 1. The lowest BCUT2D eigenvalue weighted by atomic mass is 10.1. The Kier molecular flexibility index (Phi) is 2.97. The highest BCUT2D eigenvalue weighted by Crippen LogP contribution is 2.41. The minimum atomic E-state index is -0.854. The summed E-state index contributed by atoms with van der Waals surface area (Å²) in [5.74, 6) is -0.854. The monoisotopic (exact) mass is 319 g/mol. The fourth-order valence-electron chi connectivity index (χ4n) is 2.48. The zero-order valence-corrected chi connectivity index (χ0v) is 12.1. The van der Waals surface area contributed by atoms with Crippen LogP contribution >= 0.6 is 15.9 Å². The van der Waals surface area contributed by atoms with Crippen molar-refractivity contribution in [3.63, 3.8) is 0 Å². The Labute approximate surface area is 120 Å². The van der Waals surface area contributed by atoms with Crippen LogP contribution in [-0.2, 0) is 0 Å². The van der Waals surface area contributed by atoms with E-state index in [1.807, 2.05) is 29.7 Å². The Morgan fingerprint density at radius 2 is 2.05 bits per heavy atom. The molecule has 0 aliphatic heterocycles. The molecule has 0 atom stereocenters. The highest BCUT2D eigenvalue weighted by Gasteiger charge is 2.30. The molecule has 3 rings (SSSR count). The van der Waals surface area contributed by atoms with Crippen molar-refractivity contribution in [1.29, 1.82) is 0 Å². The van der Waals surface area contributed by atoms with Crippen molar-refractivity contribution in [3.05, 3.63) is 46.1 Å². The minimum Gasteiger partial charge on any atom is -0.477 e. The minimum absolute atomic E-state index is 0.346. The number of carboxylic acids is 1. The Morgan fingerprint density at radius 3 is 2.63 bits per heavy atom. The molecule has 19 heavy (non-hydrogen) atoms. The molecule has 0 radical (unpaired) electrons. The molecule has 1 aliphatic rings. The highest BCUT2D eigenvalue weighted by molar-refractivity contribution is 9.10. The molecular weight excluding hydrogens is 306 g/mol. The predicted molar refractivity (Wildman–Crippen MR) is 77.5 cm³/mol. The quantitative estimate of drug-likeness (QED) is 0.918. The van der Waals surface area contributed by atoms with E-state index in [0.29, 0.717) is 11.7 Å². The van der Waals surface area contributed by atoms with Crippen molar-refractivity contribution in [2.75, 3.05) is 0 Å². The van der Waals surface area contributed by atoms with Gasteiger partial charge in [-0.1, -0.05) is 22.0 Å². The van der Waals surface area contributed by atoms with Gasteiger partial charge in [-0.2, -0.15) is 0 Å². The van der Waals surface area contributed by atoms with Gasteiger partial charge in [-0.05, 0) is 49.6 Å². The molecule has 1 fully saturated rings. The van der Waals surface area contributed by atoms with Crippen LogP contribution in [0.2, 0.25) is 0 Å². The van der Waals surface area contributed by atoms with E-state index in [9.17, 15) is 9.90 Å². The average molecular weight is 320 g/mol. The summed E-state index contributed by atoms with van der Waals surface area (Å²) in [7, 11) is 0. The summed E-state index contributed by atoms with van der Waals surface area (Å²) in [5, 5.41) is 9.29. The van der Waals surface area contributed by atoms with Gasteiger partial charge in [-0.3, -0.25) is 0 Å². The van der Waals surface area contributed by atoms with Gasteiger partial charge >= 0.3 is 5.97 Å². The molecule has 0 saturated heterocycles. The van der Waals surface area contributed by atoms with Gasteiger partial charge in [0, 0.05) is 21.8 Å². The number of carbonyl (C=O) groups is 1. The maximum Gasteiger partial charge on any atom is 0.352 e. The molecule has 2 aromatic rings. The number of nitrogens with zero attached hydrogens (tertiary/aromatic N) is 1. The molecule has 1 aromatic heterocycles. The maximum atomic E-state index is 11.3. The van der Waals surface area contributed by atoms with Gasteiger partial charge in [-0.15, -0.1) is 0 Å².